The second-order valence-corrected chi connectivity index (χ2v) is 9.27. The molecule has 3 rings (SSSR count). The number of benzene rings is 3. The number of hydrogen-bond acceptors (Lipinski definition) is 1. The normalized spacial score (nSPS) is 11.6. The molecule has 0 atom stereocenters. The second-order valence-electron chi connectivity index (χ2n) is 5.34. The van der Waals surface area contributed by atoms with Crippen molar-refractivity contribution in [2.45, 2.75) is 6.18 Å². The molecule has 1 N–H and O–H groups in total. The van der Waals surface area contributed by atoms with E-state index in [1.807, 2.05) is 30.3 Å². The van der Waals surface area contributed by atoms with E-state index < -0.39 is 19.9 Å². The van der Waals surface area contributed by atoms with E-state index >= 15 is 0 Å². The molecule has 1 nitrogen and oxygen atoms in total. The van der Waals surface area contributed by atoms with Gasteiger partial charge in [-0.1, -0.05) is 36.4 Å². The van der Waals surface area contributed by atoms with Crippen LogP contribution in [0.15, 0.2) is 101 Å². The van der Waals surface area contributed by atoms with E-state index in [-0.39, 0.29) is 20.7 Å². The fourth-order valence-electron chi connectivity index (χ4n) is 2.21. The third-order valence-corrected chi connectivity index (χ3v) is 7.49. The van der Waals surface area contributed by atoms with Gasteiger partial charge in [0.1, 0.15) is 18.5 Å². The number of aliphatic hydroxyl groups excluding tert-OH is 1. The zero-order valence-corrected chi connectivity index (χ0v) is 18.0. The van der Waals surface area contributed by atoms with Crippen LogP contribution in [0.4, 0.5) is 13.2 Å². The number of halogens is 4. The summed E-state index contributed by atoms with van der Waals surface area (Å²) in [7, 11) is -1.93. The van der Waals surface area contributed by atoms with E-state index in [9.17, 15) is 18.3 Å². The molecular formula is C21H17BrF3NiOP. The van der Waals surface area contributed by atoms with Crippen LogP contribution in [0, 0.1) is 6.07 Å². The summed E-state index contributed by atoms with van der Waals surface area (Å²) < 4.78 is 38.1. The average Bonchev–Trinajstić information content (AvgIpc) is 2.70. The first kappa shape index (κ1) is 24.4. The quantitative estimate of drug-likeness (QED) is 0.197. The number of alkyl halides is 3. The minimum absolute atomic E-state index is 0. The molecule has 3 aromatic carbocycles. The first-order valence-electron chi connectivity index (χ1n) is 7.96. The van der Waals surface area contributed by atoms with Crippen molar-refractivity contribution in [3.8, 4) is 0 Å². The van der Waals surface area contributed by atoms with E-state index in [0.717, 1.165) is 10.6 Å². The molecule has 0 unspecified atom stereocenters. The van der Waals surface area contributed by atoms with Gasteiger partial charge < -0.3 is 5.11 Å². The van der Waals surface area contributed by atoms with Gasteiger partial charge in [-0.2, -0.15) is 49.6 Å². The molecule has 7 heteroatoms. The fourth-order valence-corrected chi connectivity index (χ4v) is 6.08. The van der Waals surface area contributed by atoms with Gasteiger partial charge in [0, 0.05) is 16.5 Å². The standard InChI is InChI=1S/C15H11BrF3OP.C6H5.Ni/c16-14(13(20)15(17,18)19)21(11-7-3-1-4-8-11)12-9-5-2-6-10-12;1-2-4-6-5-3-1;/h1-10,20H;1-5H;/q;-1;/p+1/b14-13-;;. The monoisotopic (exact) mass is 510 g/mol. The van der Waals surface area contributed by atoms with Gasteiger partial charge in [-0.15, -0.1) is 0 Å². The second kappa shape index (κ2) is 12.1. The van der Waals surface area contributed by atoms with Crippen molar-refractivity contribution in [2.75, 3.05) is 0 Å². The van der Waals surface area contributed by atoms with Gasteiger partial charge in [0.25, 0.3) is 0 Å². The van der Waals surface area contributed by atoms with Crippen molar-refractivity contribution in [1.29, 1.82) is 0 Å². The van der Waals surface area contributed by atoms with E-state index in [1.165, 1.54) is 0 Å². The minimum Gasteiger partial charge on any atom is -0.501 e. The molecular weight excluding hydrogens is 495 g/mol. The molecule has 0 aromatic heterocycles. The van der Waals surface area contributed by atoms with Gasteiger partial charge in [0.2, 0.25) is 5.76 Å². The van der Waals surface area contributed by atoms with Crippen LogP contribution in [0.5, 0.6) is 0 Å². The Bertz CT molecular complexity index is 778. The Morgan fingerprint density at radius 2 is 1.18 bits per heavy atom. The summed E-state index contributed by atoms with van der Waals surface area (Å²) in [4.78, 5) is 0. The van der Waals surface area contributed by atoms with Crippen molar-refractivity contribution in [3.63, 3.8) is 0 Å². The molecule has 3 aromatic rings. The van der Waals surface area contributed by atoms with E-state index in [1.54, 1.807) is 60.7 Å². The van der Waals surface area contributed by atoms with Gasteiger partial charge in [-0.25, -0.2) is 0 Å². The zero-order chi connectivity index (χ0) is 19.7. The van der Waals surface area contributed by atoms with E-state index in [0.29, 0.717) is 0 Å². The molecule has 0 aliphatic heterocycles. The van der Waals surface area contributed by atoms with Gasteiger partial charge >= 0.3 is 6.18 Å². The fraction of sp³-hybridized carbons (Fsp3) is 0.0476. The molecule has 150 valence electrons. The predicted octanol–water partition coefficient (Wildman–Crippen LogP) is 6.02. The van der Waals surface area contributed by atoms with Crippen LogP contribution < -0.4 is 10.6 Å². The Labute approximate surface area is 182 Å². The van der Waals surface area contributed by atoms with Crippen LogP contribution in [0.3, 0.4) is 0 Å². The van der Waals surface area contributed by atoms with Gasteiger partial charge in [-0.3, -0.25) is 0 Å². The molecule has 0 aliphatic rings. The summed E-state index contributed by atoms with van der Waals surface area (Å²) in [6, 6.07) is 30.3. The van der Waals surface area contributed by atoms with Crippen LogP contribution in [-0.2, 0) is 16.5 Å². The zero-order valence-electron chi connectivity index (χ0n) is 14.4. The topological polar surface area (TPSA) is 20.2 Å². The Hall–Kier alpha value is -1.61. The molecule has 0 amide bonds. The van der Waals surface area contributed by atoms with Gasteiger partial charge in [0.15, 0.2) is 4.22 Å². The molecule has 0 radical (unpaired) electrons. The molecule has 0 bridgehead atoms. The number of aliphatic hydroxyl groups is 1. The van der Waals surface area contributed by atoms with Crippen molar-refractivity contribution in [3.05, 3.63) is 107 Å². The van der Waals surface area contributed by atoms with Crippen LogP contribution >= 0.6 is 23.9 Å². The average molecular weight is 512 g/mol. The van der Waals surface area contributed by atoms with Gasteiger partial charge in [-0.05, 0) is 40.2 Å². The first-order chi connectivity index (χ1) is 12.9. The number of allylic oxidation sites excluding steroid dienone is 1. The summed E-state index contributed by atoms with van der Waals surface area (Å²) in [5.74, 6) is -1.57. The Morgan fingerprint density at radius 1 is 0.786 bits per heavy atom. The molecule has 0 fully saturated rings. The maximum absolute atomic E-state index is 12.8. The summed E-state index contributed by atoms with van der Waals surface area (Å²) in [6.07, 6.45) is -4.77. The third-order valence-electron chi connectivity index (χ3n) is 3.43. The predicted molar refractivity (Wildman–Crippen MR) is 110 cm³/mol. The third kappa shape index (κ3) is 7.43. The number of hydrogen-bond donors (Lipinski definition) is 1. The molecule has 28 heavy (non-hydrogen) atoms. The summed E-state index contributed by atoms with van der Waals surface area (Å²) in [5.41, 5.74) is 0. The Morgan fingerprint density at radius 3 is 1.46 bits per heavy atom. The summed E-state index contributed by atoms with van der Waals surface area (Å²) >= 11 is 2.97. The summed E-state index contributed by atoms with van der Waals surface area (Å²) in [5, 5.41) is 11.0. The Kier molecular flexibility index (Phi) is 10.5. The molecule has 0 saturated carbocycles. The molecule has 0 aliphatic carbocycles. The SMILES string of the molecule is O/C(=C(/Br)[PH+](c1ccccc1)c1ccccc1)C(F)(F)F.[Ni].[c-]1ccccc1. The van der Waals surface area contributed by atoms with Crippen molar-refractivity contribution >= 4 is 34.5 Å². The Balaban J connectivity index is 0.000000478. The van der Waals surface area contributed by atoms with Crippen LogP contribution in [-0.4, -0.2) is 11.3 Å². The smallest absolute Gasteiger partial charge is 0.453 e. The van der Waals surface area contributed by atoms with Gasteiger partial charge in [0.05, 0.1) is 0 Å². The van der Waals surface area contributed by atoms with Crippen molar-refractivity contribution in [1.82, 2.24) is 0 Å². The maximum atomic E-state index is 12.8. The first-order valence-corrected chi connectivity index (χ1v) is 10.3. The van der Waals surface area contributed by atoms with Crippen LogP contribution in [0.2, 0.25) is 0 Å². The summed E-state index contributed by atoms with van der Waals surface area (Å²) in [6.45, 7) is 0. The van der Waals surface area contributed by atoms with Crippen LogP contribution in [0.25, 0.3) is 0 Å². The van der Waals surface area contributed by atoms with Crippen LogP contribution in [0.1, 0.15) is 0 Å². The maximum Gasteiger partial charge on any atom is 0.453 e. The molecule has 0 saturated heterocycles. The van der Waals surface area contributed by atoms with E-state index in [2.05, 4.69) is 22.0 Å². The van der Waals surface area contributed by atoms with Crippen molar-refractivity contribution in [2.24, 2.45) is 0 Å². The number of rotatable bonds is 3. The minimum atomic E-state index is -4.77. The molecule has 0 heterocycles. The van der Waals surface area contributed by atoms with Crippen molar-refractivity contribution < 1.29 is 34.8 Å². The van der Waals surface area contributed by atoms with E-state index in [4.69, 9.17) is 0 Å². The molecule has 0 spiro atoms. The largest absolute Gasteiger partial charge is 0.501 e.